The Bertz CT molecular complexity index is 1230. The number of hydrogen-bond acceptors (Lipinski definition) is 8. The maximum absolute atomic E-state index is 11.4. The quantitative estimate of drug-likeness (QED) is 0.425. The minimum absolute atomic E-state index is 0.356. The van der Waals surface area contributed by atoms with E-state index in [0.29, 0.717) is 30.0 Å². The Morgan fingerprint density at radius 2 is 1.89 bits per heavy atom. The number of amides is 1. The van der Waals surface area contributed by atoms with Gasteiger partial charge in [-0.05, 0) is 67.6 Å². The van der Waals surface area contributed by atoms with Crippen LogP contribution in [0.4, 0.5) is 5.95 Å². The number of hydrogen-bond donors (Lipinski definition) is 1. The van der Waals surface area contributed by atoms with Crippen LogP contribution in [-0.2, 0) is 6.61 Å². The van der Waals surface area contributed by atoms with Crippen molar-refractivity contribution in [1.29, 1.82) is 0 Å². The number of aromatic nitrogens is 2. The molecule has 0 spiro atoms. The first-order valence-electron chi connectivity index (χ1n) is 12.7. The van der Waals surface area contributed by atoms with Gasteiger partial charge in [0.15, 0.2) is 0 Å². The average molecular weight is 520 g/mol. The minimum atomic E-state index is -0.446. The minimum Gasteiger partial charge on any atom is -0.497 e. The lowest BCUT2D eigenvalue weighted by Crippen LogP contribution is -2.50. The molecule has 1 saturated heterocycles. The molecule has 0 bridgehead atoms. The predicted molar refractivity (Wildman–Crippen MR) is 144 cm³/mol. The number of piperazine rings is 1. The summed E-state index contributed by atoms with van der Waals surface area (Å²) in [6.07, 6.45) is 4.56. The Morgan fingerprint density at radius 1 is 1.14 bits per heavy atom. The van der Waals surface area contributed by atoms with Crippen LogP contribution in [-0.4, -0.2) is 60.1 Å². The molecule has 9 heteroatoms. The first kappa shape index (κ1) is 25.4. The van der Waals surface area contributed by atoms with Gasteiger partial charge in [-0.1, -0.05) is 23.9 Å². The normalized spacial score (nSPS) is 16.9. The Balaban J connectivity index is 1.33. The van der Waals surface area contributed by atoms with E-state index in [1.165, 1.54) is 24.6 Å². The van der Waals surface area contributed by atoms with Gasteiger partial charge in [0.1, 0.15) is 12.4 Å². The third-order valence-corrected chi connectivity index (χ3v) is 8.07. The molecule has 0 radical (unpaired) electrons. The molecule has 2 heterocycles. The molecule has 194 valence electrons. The Labute approximate surface area is 222 Å². The first-order chi connectivity index (χ1) is 18.0. The molecule has 1 aliphatic heterocycles. The molecular weight excluding hydrogens is 486 g/mol. The summed E-state index contributed by atoms with van der Waals surface area (Å²) in [5.41, 5.74) is 6.85. The number of methoxy groups -OCH3 is 1. The monoisotopic (exact) mass is 519 g/mol. The fourth-order valence-corrected chi connectivity index (χ4v) is 5.43. The Hall–Kier alpha value is -3.30. The van der Waals surface area contributed by atoms with Crippen LogP contribution < -0.4 is 20.1 Å². The fourth-order valence-electron chi connectivity index (χ4n) is 4.61. The van der Waals surface area contributed by atoms with E-state index in [0.717, 1.165) is 53.2 Å². The number of carbonyl (C=O) groups excluding carboxylic acids is 1. The zero-order valence-electron chi connectivity index (χ0n) is 21.3. The smallest absolute Gasteiger partial charge is 0.248 e. The van der Waals surface area contributed by atoms with Gasteiger partial charge in [0, 0.05) is 42.7 Å². The Kier molecular flexibility index (Phi) is 7.81. The third-order valence-electron chi connectivity index (χ3n) is 7.06. The van der Waals surface area contributed by atoms with Crippen LogP contribution in [0.1, 0.15) is 35.7 Å². The number of anilines is 1. The zero-order valence-corrected chi connectivity index (χ0v) is 22.1. The van der Waals surface area contributed by atoms with E-state index < -0.39 is 5.91 Å². The van der Waals surface area contributed by atoms with E-state index in [2.05, 4.69) is 16.7 Å². The van der Waals surface area contributed by atoms with Crippen LogP contribution in [0.3, 0.4) is 0 Å². The SMILES string of the molecule is COc1cccc(COc2nc(N3CCN([C@@H](C)C4CC4)CC3)ncc2Sc2ccc(C(N)=O)cc2)c1. The molecule has 0 unspecified atom stereocenters. The molecule has 2 aromatic carbocycles. The van der Waals surface area contributed by atoms with E-state index >= 15 is 0 Å². The number of ether oxygens (including phenoxy) is 2. The highest BCUT2D eigenvalue weighted by Crippen LogP contribution is 2.37. The second kappa shape index (κ2) is 11.4. The van der Waals surface area contributed by atoms with Crippen molar-refractivity contribution in [3.63, 3.8) is 0 Å². The maximum atomic E-state index is 11.4. The van der Waals surface area contributed by atoms with Crippen molar-refractivity contribution in [2.45, 2.75) is 42.2 Å². The number of rotatable bonds is 10. The maximum Gasteiger partial charge on any atom is 0.248 e. The molecule has 1 amide bonds. The lowest BCUT2D eigenvalue weighted by molar-refractivity contribution is 0.1000. The van der Waals surface area contributed by atoms with Crippen molar-refractivity contribution in [3.8, 4) is 11.6 Å². The van der Waals surface area contributed by atoms with Crippen LogP contribution in [0.5, 0.6) is 11.6 Å². The van der Waals surface area contributed by atoms with Gasteiger partial charge >= 0.3 is 0 Å². The molecule has 3 aromatic rings. The van der Waals surface area contributed by atoms with E-state index in [1.807, 2.05) is 42.6 Å². The van der Waals surface area contributed by atoms with Crippen LogP contribution in [0, 0.1) is 5.92 Å². The summed E-state index contributed by atoms with van der Waals surface area (Å²) in [6, 6.07) is 15.6. The van der Waals surface area contributed by atoms with Gasteiger partial charge in [-0.2, -0.15) is 4.98 Å². The summed E-state index contributed by atoms with van der Waals surface area (Å²) in [5, 5.41) is 0. The molecule has 1 saturated carbocycles. The molecule has 2 N–H and O–H groups in total. The van der Waals surface area contributed by atoms with Gasteiger partial charge in [0.2, 0.25) is 17.7 Å². The number of carbonyl (C=O) groups is 1. The highest BCUT2D eigenvalue weighted by atomic mass is 32.2. The van der Waals surface area contributed by atoms with Crippen LogP contribution in [0.2, 0.25) is 0 Å². The van der Waals surface area contributed by atoms with Crippen molar-refractivity contribution in [2.75, 3.05) is 38.2 Å². The lowest BCUT2D eigenvalue weighted by Gasteiger charge is -2.38. The Morgan fingerprint density at radius 3 is 2.57 bits per heavy atom. The van der Waals surface area contributed by atoms with Crippen LogP contribution in [0.25, 0.3) is 0 Å². The topological polar surface area (TPSA) is 93.8 Å². The van der Waals surface area contributed by atoms with Gasteiger partial charge in [-0.25, -0.2) is 4.98 Å². The van der Waals surface area contributed by atoms with Crippen LogP contribution in [0.15, 0.2) is 64.5 Å². The first-order valence-corrected chi connectivity index (χ1v) is 13.5. The lowest BCUT2D eigenvalue weighted by atomic mass is 10.1. The van der Waals surface area contributed by atoms with E-state index in [1.54, 1.807) is 19.2 Å². The number of primary amides is 1. The van der Waals surface area contributed by atoms with E-state index in [4.69, 9.17) is 25.2 Å². The highest BCUT2D eigenvalue weighted by molar-refractivity contribution is 7.99. The van der Waals surface area contributed by atoms with Crippen molar-refractivity contribution in [2.24, 2.45) is 11.7 Å². The van der Waals surface area contributed by atoms with Crippen molar-refractivity contribution >= 4 is 23.6 Å². The van der Waals surface area contributed by atoms with Gasteiger partial charge in [-0.15, -0.1) is 0 Å². The molecule has 1 aromatic heterocycles. The van der Waals surface area contributed by atoms with E-state index in [-0.39, 0.29) is 0 Å². The van der Waals surface area contributed by atoms with E-state index in [9.17, 15) is 4.79 Å². The number of nitrogens with zero attached hydrogens (tertiary/aromatic N) is 4. The predicted octanol–water partition coefficient (Wildman–Crippen LogP) is 4.23. The summed E-state index contributed by atoms with van der Waals surface area (Å²) in [6.45, 7) is 6.54. The van der Waals surface area contributed by atoms with Crippen molar-refractivity contribution < 1.29 is 14.3 Å². The zero-order chi connectivity index (χ0) is 25.8. The van der Waals surface area contributed by atoms with Gasteiger partial charge in [0.05, 0.1) is 18.2 Å². The standard InChI is InChI=1S/C28H33N5O3S/c1-19(21-6-7-21)32-12-14-33(15-13-32)28-30-17-25(37-24-10-8-22(9-11-24)26(29)34)27(31-28)36-18-20-4-3-5-23(16-20)35-2/h3-5,8-11,16-17,19,21H,6-7,12-15,18H2,1-2H3,(H2,29,34)/t19-/m0/s1. The summed E-state index contributed by atoms with van der Waals surface area (Å²) >= 11 is 1.49. The largest absolute Gasteiger partial charge is 0.497 e. The molecule has 37 heavy (non-hydrogen) atoms. The van der Waals surface area contributed by atoms with Crippen molar-refractivity contribution in [3.05, 3.63) is 65.9 Å². The third kappa shape index (κ3) is 6.34. The fraction of sp³-hybridized carbons (Fsp3) is 0.393. The summed E-state index contributed by atoms with van der Waals surface area (Å²) in [7, 11) is 1.65. The molecule has 8 nitrogen and oxygen atoms in total. The highest BCUT2D eigenvalue weighted by Gasteiger charge is 2.33. The summed E-state index contributed by atoms with van der Waals surface area (Å²) in [4.78, 5) is 27.6. The van der Waals surface area contributed by atoms with Gasteiger partial charge < -0.3 is 20.1 Å². The second-order valence-corrected chi connectivity index (χ2v) is 10.7. The molecule has 1 aliphatic carbocycles. The molecular formula is C28H33N5O3S. The number of benzene rings is 2. The number of nitrogens with two attached hydrogens (primary N) is 1. The van der Waals surface area contributed by atoms with Crippen LogP contribution >= 0.6 is 11.8 Å². The molecule has 5 rings (SSSR count). The second-order valence-electron chi connectivity index (χ2n) is 9.57. The molecule has 1 atom stereocenters. The molecule has 2 aliphatic rings. The average Bonchev–Trinajstić information content (AvgIpc) is 3.78. The molecule has 2 fully saturated rings. The summed E-state index contributed by atoms with van der Waals surface area (Å²) in [5.74, 6) is 2.43. The van der Waals surface area contributed by atoms with Gasteiger partial charge in [0.25, 0.3) is 0 Å². The van der Waals surface area contributed by atoms with Crippen molar-refractivity contribution in [1.82, 2.24) is 14.9 Å². The van der Waals surface area contributed by atoms with Gasteiger partial charge in [-0.3, -0.25) is 9.69 Å². The summed E-state index contributed by atoms with van der Waals surface area (Å²) < 4.78 is 11.6.